The summed E-state index contributed by atoms with van der Waals surface area (Å²) in [5.41, 5.74) is 5.40. The summed E-state index contributed by atoms with van der Waals surface area (Å²) < 4.78 is 1.84. The Labute approximate surface area is 71.8 Å². The molecule has 0 bridgehead atoms. The summed E-state index contributed by atoms with van der Waals surface area (Å²) in [5.74, 6) is 2.11. The number of nitrogens with two attached hydrogens (primary N) is 1. The predicted molar refractivity (Wildman–Crippen MR) is 46.3 cm³/mol. The molecule has 0 aromatic carbocycles. The summed E-state index contributed by atoms with van der Waals surface area (Å²) in [6.45, 7) is 3.23. The van der Waals surface area contributed by atoms with Crippen molar-refractivity contribution in [1.29, 1.82) is 0 Å². The van der Waals surface area contributed by atoms with Crippen molar-refractivity contribution < 1.29 is 0 Å². The molecule has 1 aromatic rings. The molecular formula is C8H14N4. The second-order valence-corrected chi connectivity index (χ2v) is 3.49. The molecule has 1 saturated carbocycles. The molecule has 0 saturated heterocycles. The lowest BCUT2D eigenvalue weighted by atomic mass is 10.2. The first kappa shape index (κ1) is 7.58. The third-order valence-electron chi connectivity index (χ3n) is 2.57. The molecule has 2 rings (SSSR count). The number of rotatable bonds is 3. The van der Waals surface area contributed by atoms with E-state index in [4.69, 9.17) is 5.73 Å². The molecule has 1 aliphatic carbocycles. The highest BCUT2D eigenvalue weighted by Gasteiger charge is 2.35. The SMILES string of the molecule is CCC1CC1Cn1cnc(N)n1. The lowest BCUT2D eigenvalue weighted by Crippen LogP contribution is -2.02. The normalized spacial score (nSPS) is 27.4. The zero-order chi connectivity index (χ0) is 8.55. The number of hydrogen-bond acceptors (Lipinski definition) is 3. The molecule has 1 aliphatic rings. The van der Waals surface area contributed by atoms with Gasteiger partial charge in [-0.25, -0.2) is 4.98 Å². The van der Waals surface area contributed by atoms with Gasteiger partial charge < -0.3 is 5.73 Å². The number of hydrogen-bond donors (Lipinski definition) is 1. The fraction of sp³-hybridized carbons (Fsp3) is 0.750. The summed E-state index contributed by atoms with van der Waals surface area (Å²) >= 11 is 0. The summed E-state index contributed by atoms with van der Waals surface area (Å²) in [5, 5.41) is 4.04. The highest BCUT2D eigenvalue weighted by atomic mass is 15.4. The fourth-order valence-corrected chi connectivity index (χ4v) is 1.67. The van der Waals surface area contributed by atoms with Gasteiger partial charge >= 0.3 is 0 Å². The van der Waals surface area contributed by atoms with Gasteiger partial charge in [-0.1, -0.05) is 13.3 Å². The second-order valence-electron chi connectivity index (χ2n) is 3.49. The summed E-state index contributed by atoms with van der Waals surface area (Å²) in [4.78, 5) is 3.88. The van der Waals surface area contributed by atoms with Crippen LogP contribution in [0.2, 0.25) is 0 Å². The van der Waals surface area contributed by atoms with Crippen molar-refractivity contribution in [2.75, 3.05) is 5.73 Å². The maximum Gasteiger partial charge on any atom is 0.239 e. The first-order chi connectivity index (χ1) is 5.79. The molecule has 2 unspecified atom stereocenters. The summed E-state index contributed by atoms with van der Waals surface area (Å²) in [7, 11) is 0. The van der Waals surface area contributed by atoms with Crippen LogP contribution in [-0.2, 0) is 6.54 Å². The Kier molecular flexibility index (Phi) is 1.75. The Morgan fingerprint density at radius 1 is 1.67 bits per heavy atom. The Balaban J connectivity index is 1.89. The van der Waals surface area contributed by atoms with E-state index in [0.29, 0.717) is 5.95 Å². The molecule has 2 atom stereocenters. The van der Waals surface area contributed by atoms with Gasteiger partial charge in [0.15, 0.2) is 0 Å². The van der Waals surface area contributed by atoms with Crippen LogP contribution in [-0.4, -0.2) is 14.8 Å². The zero-order valence-electron chi connectivity index (χ0n) is 7.27. The van der Waals surface area contributed by atoms with E-state index in [-0.39, 0.29) is 0 Å². The van der Waals surface area contributed by atoms with Crippen LogP contribution in [0, 0.1) is 11.8 Å². The van der Waals surface area contributed by atoms with Crippen LogP contribution < -0.4 is 5.73 Å². The van der Waals surface area contributed by atoms with E-state index in [9.17, 15) is 0 Å². The number of nitrogens with zero attached hydrogens (tertiary/aromatic N) is 3. The van der Waals surface area contributed by atoms with Gasteiger partial charge in [-0.2, -0.15) is 0 Å². The Hall–Kier alpha value is -1.06. The van der Waals surface area contributed by atoms with E-state index in [1.54, 1.807) is 6.33 Å². The van der Waals surface area contributed by atoms with Gasteiger partial charge in [-0.3, -0.25) is 4.68 Å². The van der Waals surface area contributed by atoms with Gasteiger partial charge in [-0.05, 0) is 18.3 Å². The molecule has 1 heterocycles. The monoisotopic (exact) mass is 166 g/mol. The van der Waals surface area contributed by atoms with Crippen LogP contribution in [0.1, 0.15) is 19.8 Å². The molecular weight excluding hydrogens is 152 g/mol. The van der Waals surface area contributed by atoms with Gasteiger partial charge in [0.1, 0.15) is 6.33 Å². The van der Waals surface area contributed by atoms with Gasteiger partial charge in [0, 0.05) is 6.54 Å². The molecule has 0 spiro atoms. The minimum Gasteiger partial charge on any atom is -0.367 e. The van der Waals surface area contributed by atoms with E-state index >= 15 is 0 Å². The van der Waals surface area contributed by atoms with Gasteiger partial charge in [-0.15, -0.1) is 5.10 Å². The number of nitrogen functional groups attached to an aromatic ring is 1. The Morgan fingerprint density at radius 2 is 2.50 bits per heavy atom. The maximum atomic E-state index is 5.40. The Morgan fingerprint density at radius 3 is 3.00 bits per heavy atom. The van der Waals surface area contributed by atoms with Crippen LogP contribution in [0.15, 0.2) is 6.33 Å². The van der Waals surface area contributed by atoms with Crippen LogP contribution in [0.5, 0.6) is 0 Å². The molecule has 1 aromatic heterocycles. The predicted octanol–water partition coefficient (Wildman–Crippen LogP) is 0.906. The molecule has 1 fully saturated rings. The van der Waals surface area contributed by atoms with Crippen molar-refractivity contribution in [2.45, 2.75) is 26.3 Å². The third kappa shape index (κ3) is 1.42. The van der Waals surface area contributed by atoms with E-state index < -0.39 is 0 Å². The standard InChI is InChI=1S/C8H14N4/c1-2-6-3-7(6)4-12-5-10-8(9)11-12/h5-7H,2-4H2,1H3,(H2,9,11). The molecule has 0 amide bonds. The number of anilines is 1. The average molecular weight is 166 g/mol. The third-order valence-corrected chi connectivity index (χ3v) is 2.57. The first-order valence-corrected chi connectivity index (χ1v) is 4.44. The van der Waals surface area contributed by atoms with Crippen LogP contribution in [0.4, 0.5) is 5.95 Å². The van der Waals surface area contributed by atoms with E-state index in [0.717, 1.165) is 18.4 Å². The van der Waals surface area contributed by atoms with Crippen molar-refractivity contribution >= 4 is 5.95 Å². The second kappa shape index (κ2) is 2.77. The van der Waals surface area contributed by atoms with Crippen molar-refractivity contribution in [3.8, 4) is 0 Å². The lowest BCUT2D eigenvalue weighted by molar-refractivity contribution is 0.525. The van der Waals surface area contributed by atoms with Crippen LogP contribution in [0.25, 0.3) is 0 Å². The molecule has 0 radical (unpaired) electrons. The molecule has 12 heavy (non-hydrogen) atoms. The Bertz CT molecular complexity index is 268. The highest BCUT2D eigenvalue weighted by molar-refractivity contribution is 5.09. The van der Waals surface area contributed by atoms with Gasteiger partial charge in [0.2, 0.25) is 5.95 Å². The quantitative estimate of drug-likeness (QED) is 0.726. The van der Waals surface area contributed by atoms with Crippen molar-refractivity contribution in [3.63, 3.8) is 0 Å². The summed E-state index contributed by atoms with van der Waals surface area (Å²) in [6.07, 6.45) is 4.34. The van der Waals surface area contributed by atoms with Crippen molar-refractivity contribution in [1.82, 2.24) is 14.8 Å². The van der Waals surface area contributed by atoms with Gasteiger partial charge in [0.05, 0.1) is 0 Å². The van der Waals surface area contributed by atoms with Gasteiger partial charge in [0.25, 0.3) is 0 Å². The van der Waals surface area contributed by atoms with E-state index in [2.05, 4.69) is 17.0 Å². The minimum atomic E-state index is 0.378. The smallest absolute Gasteiger partial charge is 0.239 e. The molecule has 4 heteroatoms. The van der Waals surface area contributed by atoms with Crippen LogP contribution in [0.3, 0.4) is 0 Å². The molecule has 0 aliphatic heterocycles. The largest absolute Gasteiger partial charge is 0.367 e. The molecule has 2 N–H and O–H groups in total. The number of aromatic nitrogens is 3. The fourth-order valence-electron chi connectivity index (χ4n) is 1.67. The van der Waals surface area contributed by atoms with Crippen LogP contribution >= 0.6 is 0 Å². The topological polar surface area (TPSA) is 56.7 Å². The average Bonchev–Trinajstić information content (AvgIpc) is 2.67. The van der Waals surface area contributed by atoms with Crippen molar-refractivity contribution in [3.05, 3.63) is 6.33 Å². The highest BCUT2D eigenvalue weighted by Crippen LogP contribution is 2.41. The van der Waals surface area contributed by atoms with E-state index in [1.807, 2.05) is 4.68 Å². The molecule has 66 valence electrons. The van der Waals surface area contributed by atoms with E-state index in [1.165, 1.54) is 12.8 Å². The molecule has 4 nitrogen and oxygen atoms in total. The van der Waals surface area contributed by atoms with Crippen molar-refractivity contribution in [2.24, 2.45) is 11.8 Å². The minimum absolute atomic E-state index is 0.378. The lowest BCUT2D eigenvalue weighted by Gasteiger charge is -1.96. The first-order valence-electron chi connectivity index (χ1n) is 4.44. The maximum absolute atomic E-state index is 5.40. The zero-order valence-corrected chi connectivity index (χ0v) is 7.27. The summed E-state index contributed by atoms with van der Waals surface area (Å²) in [6, 6.07) is 0.